The zero-order valence-electron chi connectivity index (χ0n) is 10.3. The largest absolute Gasteiger partial charge is 0.330 e. The van der Waals surface area contributed by atoms with Gasteiger partial charge in [-0.15, -0.1) is 0 Å². The molecule has 0 fully saturated rings. The first-order valence-corrected chi connectivity index (χ1v) is 6.44. The minimum atomic E-state index is 0.552. The number of aromatic nitrogens is 4. The fraction of sp³-hybridized carbons (Fsp3) is 0.462. The molecule has 5 nitrogen and oxygen atoms in total. The second-order valence-electron chi connectivity index (χ2n) is 4.67. The average molecular weight is 243 g/mol. The highest BCUT2D eigenvalue weighted by Crippen LogP contribution is 2.33. The fourth-order valence-corrected chi connectivity index (χ4v) is 2.72. The average Bonchev–Trinajstić information content (AvgIpc) is 2.85. The summed E-state index contributed by atoms with van der Waals surface area (Å²) in [6.45, 7) is 0.733. The quantitative estimate of drug-likeness (QED) is 0.885. The molecule has 5 heteroatoms. The minimum Gasteiger partial charge on any atom is -0.330 e. The highest BCUT2D eigenvalue weighted by atomic mass is 15.3. The Hall–Kier alpha value is -1.75. The standard InChI is InChI=1S/C13H17N5/c14-6-5-10-3-1-4-12-11(10)9-17-18(12)13-15-7-2-8-16-13/h2,7-10H,1,3-6,14H2. The number of nitrogens with two attached hydrogens (primary N) is 1. The molecule has 0 amide bonds. The van der Waals surface area contributed by atoms with Gasteiger partial charge >= 0.3 is 0 Å². The van der Waals surface area contributed by atoms with Gasteiger partial charge in [0.1, 0.15) is 0 Å². The van der Waals surface area contributed by atoms with Gasteiger partial charge in [0.05, 0.1) is 11.9 Å². The van der Waals surface area contributed by atoms with Gasteiger partial charge in [0, 0.05) is 12.4 Å². The minimum absolute atomic E-state index is 0.552. The van der Waals surface area contributed by atoms with Crippen LogP contribution in [0.3, 0.4) is 0 Å². The van der Waals surface area contributed by atoms with Crippen LogP contribution in [0, 0.1) is 0 Å². The second kappa shape index (κ2) is 4.86. The molecule has 0 aliphatic heterocycles. The predicted molar refractivity (Wildman–Crippen MR) is 68.5 cm³/mol. The Morgan fingerprint density at radius 1 is 1.33 bits per heavy atom. The van der Waals surface area contributed by atoms with Crippen molar-refractivity contribution in [1.82, 2.24) is 19.7 Å². The summed E-state index contributed by atoms with van der Waals surface area (Å²) in [6.07, 6.45) is 9.95. The summed E-state index contributed by atoms with van der Waals surface area (Å²) in [5, 5.41) is 4.45. The van der Waals surface area contributed by atoms with Crippen molar-refractivity contribution in [2.75, 3.05) is 6.54 Å². The lowest BCUT2D eigenvalue weighted by Gasteiger charge is -2.22. The maximum Gasteiger partial charge on any atom is 0.250 e. The van der Waals surface area contributed by atoms with Crippen molar-refractivity contribution in [3.8, 4) is 5.95 Å². The Morgan fingerprint density at radius 3 is 2.94 bits per heavy atom. The molecule has 1 unspecified atom stereocenters. The number of hydrogen-bond acceptors (Lipinski definition) is 4. The van der Waals surface area contributed by atoms with Gasteiger partial charge in [0.15, 0.2) is 0 Å². The van der Waals surface area contributed by atoms with E-state index in [1.807, 2.05) is 16.9 Å². The zero-order chi connectivity index (χ0) is 12.4. The van der Waals surface area contributed by atoms with Crippen LogP contribution in [0.2, 0.25) is 0 Å². The first-order valence-electron chi connectivity index (χ1n) is 6.44. The van der Waals surface area contributed by atoms with Crippen LogP contribution in [-0.4, -0.2) is 26.3 Å². The molecule has 0 spiro atoms. The third kappa shape index (κ3) is 1.90. The number of rotatable bonds is 3. The molecule has 2 aromatic rings. The third-order valence-corrected chi connectivity index (χ3v) is 3.56. The highest BCUT2D eigenvalue weighted by molar-refractivity contribution is 5.29. The van der Waals surface area contributed by atoms with E-state index in [1.165, 1.54) is 24.1 Å². The molecule has 0 aromatic carbocycles. The van der Waals surface area contributed by atoms with Gasteiger partial charge in [-0.25, -0.2) is 14.6 Å². The molecule has 94 valence electrons. The van der Waals surface area contributed by atoms with Crippen LogP contribution in [0.1, 0.15) is 36.4 Å². The van der Waals surface area contributed by atoms with Crippen LogP contribution in [0.25, 0.3) is 5.95 Å². The van der Waals surface area contributed by atoms with Crippen molar-refractivity contribution in [2.24, 2.45) is 5.73 Å². The van der Waals surface area contributed by atoms with Gasteiger partial charge < -0.3 is 5.73 Å². The van der Waals surface area contributed by atoms with E-state index >= 15 is 0 Å². The van der Waals surface area contributed by atoms with E-state index in [4.69, 9.17) is 5.73 Å². The van der Waals surface area contributed by atoms with E-state index in [1.54, 1.807) is 12.4 Å². The molecule has 1 aliphatic rings. The van der Waals surface area contributed by atoms with Gasteiger partial charge in [0.2, 0.25) is 0 Å². The van der Waals surface area contributed by atoms with Crippen molar-refractivity contribution in [1.29, 1.82) is 0 Å². The van der Waals surface area contributed by atoms with E-state index in [-0.39, 0.29) is 0 Å². The van der Waals surface area contributed by atoms with Crippen LogP contribution in [-0.2, 0) is 6.42 Å². The zero-order valence-corrected chi connectivity index (χ0v) is 10.3. The molecule has 2 N–H and O–H groups in total. The van der Waals surface area contributed by atoms with Crippen LogP contribution in [0.15, 0.2) is 24.7 Å². The van der Waals surface area contributed by atoms with E-state index in [0.717, 1.165) is 19.4 Å². The van der Waals surface area contributed by atoms with Crippen LogP contribution < -0.4 is 5.73 Å². The summed E-state index contributed by atoms with van der Waals surface area (Å²) in [6, 6.07) is 1.82. The molecule has 18 heavy (non-hydrogen) atoms. The summed E-state index contributed by atoms with van der Waals surface area (Å²) in [5.74, 6) is 1.21. The molecule has 1 aliphatic carbocycles. The molecule has 3 rings (SSSR count). The summed E-state index contributed by atoms with van der Waals surface area (Å²) in [4.78, 5) is 8.53. The summed E-state index contributed by atoms with van der Waals surface area (Å²) >= 11 is 0. The monoisotopic (exact) mass is 243 g/mol. The Morgan fingerprint density at radius 2 is 2.17 bits per heavy atom. The number of fused-ring (bicyclic) bond motifs is 1. The third-order valence-electron chi connectivity index (χ3n) is 3.56. The summed E-state index contributed by atoms with van der Waals surface area (Å²) < 4.78 is 1.87. The van der Waals surface area contributed by atoms with Crippen molar-refractivity contribution in [3.05, 3.63) is 35.9 Å². The highest BCUT2D eigenvalue weighted by Gasteiger charge is 2.24. The Kier molecular flexibility index (Phi) is 3.06. The van der Waals surface area contributed by atoms with E-state index in [2.05, 4.69) is 15.1 Å². The Bertz CT molecular complexity index is 519. The molecule has 2 heterocycles. The Balaban J connectivity index is 2.00. The fourth-order valence-electron chi connectivity index (χ4n) is 2.72. The summed E-state index contributed by atoms with van der Waals surface area (Å²) in [5.41, 5.74) is 8.27. The molecule has 0 bridgehead atoms. The lowest BCUT2D eigenvalue weighted by atomic mass is 9.85. The van der Waals surface area contributed by atoms with Crippen LogP contribution >= 0.6 is 0 Å². The molecule has 1 atom stereocenters. The molecular weight excluding hydrogens is 226 g/mol. The van der Waals surface area contributed by atoms with Crippen LogP contribution in [0.4, 0.5) is 0 Å². The Labute approximate surface area is 106 Å². The van der Waals surface area contributed by atoms with E-state index in [0.29, 0.717) is 11.9 Å². The first kappa shape index (κ1) is 11.3. The molecule has 2 aromatic heterocycles. The maximum atomic E-state index is 5.68. The van der Waals surface area contributed by atoms with Gasteiger partial charge in [-0.3, -0.25) is 0 Å². The van der Waals surface area contributed by atoms with E-state index in [9.17, 15) is 0 Å². The number of nitrogens with zero attached hydrogens (tertiary/aromatic N) is 4. The molecule has 0 saturated heterocycles. The van der Waals surface area contributed by atoms with Crippen LogP contribution in [0.5, 0.6) is 0 Å². The van der Waals surface area contributed by atoms with Gasteiger partial charge in [-0.05, 0) is 49.8 Å². The summed E-state index contributed by atoms with van der Waals surface area (Å²) in [7, 11) is 0. The second-order valence-corrected chi connectivity index (χ2v) is 4.67. The lowest BCUT2D eigenvalue weighted by molar-refractivity contribution is 0.516. The lowest BCUT2D eigenvalue weighted by Crippen LogP contribution is -2.15. The SMILES string of the molecule is NCCC1CCCc2c1cnn2-c1ncccn1. The normalized spacial score (nSPS) is 18.6. The van der Waals surface area contributed by atoms with Crippen molar-refractivity contribution < 1.29 is 0 Å². The van der Waals surface area contributed by atoms with Gasteiger partial charge in [-0.1, -0.05) is 0 Å². The van der Waals surface area contributed by atoms with Gasteiger partial charge in [-0.2, -0.15) is 5.10 Å². The molecule has 0 radical (unpaired) electrons. The smallest absolute Gasteiger partial charge is 0.250 e. The topological polar surface area (TPSA) is 69.6 Å². The molecular formula is C13H17N5. The molecule has 0 saturated carbocycles. The van der Waals surface area contributed by atoms with Crippen molar-refractivity contribution in [2.45, 2.75) is 31.6 Å². The van der Waals surface area contributed by atoms with Crippen molar-refractivity contribution >= 4 is 0 Å². The van der Waals surface area contributed by atoms with Crippen molar-refractivity contribution in [3.63, 3.8) is 0 Å². The maximum absolute atomic E-state index is 5.68. The predicted octanol–water partition coefficient (Wildman–Crippen LogP) is 1.43. The van der Waals surface area contributed by atoms with E-state index < -0.39 is 0 Å². The van der Waals surface area contributed by atoms with Gasteiger partial charge in [0.25, 0.3) is 5.95 Å². The first-order chi connectivity index (χ1) is 8.90. The number of hydrogen-bond donors (Lipinski definition) is 1.